The van der Waals surface area contributed by atoms with Crippen molar-refractivity contribution < 1.29 is 17.9 Å². The van der Waals surface area contributed by atoms with Gasteiger partial charge in [0.2, 0.25) is 10.0 Å². The lowest BCUT2D eigenvalue weighted by molar-refractivity contribution is 0.0689. The molecule has 2 aromatic carbocycles. The zero-order valence-electron chi connectivity index (χ0n) is 17.3. The molecular formula is C22H27BrN2O4S. The van der Waals surface area contributed by atoms with Crippen LogP contribution in [0.25, 0.3) is 0 Å². The molecule has 8 heteroatoms. The zero-order chi connectivity index (χ0) is 21.7. The first-order chi connectivity index (χ1) is 14.4. The Labute approximate surface area is 187 Å². The van der Waals surface area contributed by atoms with E-state index in [1.807, 2.05) is 38.1 Å². The lowest BCUT2D eigenvalue weighted by Gasteiger charge is -2.30. The second-order valence-corrected chi connectivity index (χ2v) is 10.0. The SMILES string of the molecule is CCCN(C(=O)c1cccc(S(=O)(=O)N2CCOCC2)c1)C(C)c1ccccc1Br. The van der Waals surface area contributed by atoms with Crippen LogP contribution in [0.5, 0.6) is 0 Å². The van der Waals surface area contributed by atoms with Gasteiger partial charge in [-0.3, -0.25) is 4.79 Å². The normalized spacial score (nSPS) is 16.2. The van der Waals surface area contributed by atoms with Crippen LogP contribution in [0.1, 0.15) is 42.2 Å². The van der Waals surface area contributed by atoms with Gasteiger partial charge in [0.05, 0.1) is 24.2 Å². The highest BCUT2D eigenvalue weighted by Crippen LogP contribution is 2.29. The molecule has 3 rings (SSSR count). The maximum Gasteiger partial charge on any atom is 0.254 e. The number of carbonyl (C=O) groups excluding carboxylic acids is 1. The predicted octanol–water partition coefficient (Wildman–Crippen LogP) is 4.08. The summed E-state index contributed by atoms with van der Waals surface area (Å²) in [6.07, 6.45) is 0.798. The van der Waals surface area contributed by atoms with Gasteiger partial charge in [0, 0.05) is 29.7 Å². The first-order valence-corrected chi connectivity index (χ1v) is 12.3. The van der Waals surface area contributed by atoms with Crippen molar-refractivity contribution >= 4 is 31.9 Å². The number of halogens is 1. The summed E-state index contributed by atoms with van der Waals surface area (Å²) in [5, 5.41) is 0. The number of morpholine rings is 1. The fourth-order valence-electron chi connectivity index (χ4n) is 3.59. The number of ether oxygens (including phenoxy) is 1. The van der Waals surface area contributed by atoms with E-state index >= 15 is 0 Å². The Bertz CT molecular complexity index is 990. The number of carbonyl (C=O) groups is 1. The molecule has 6 nitrogen and oxygen atoms in total. The van der Waals surface area contributed by atoms with E-state index in [-0.39, 0.29) is 16.8 Å². The third-order valence-corrected chi connectivity index (χ3v) is 7.85. The van der Waals surface area contributed by atoms with Crippen molar-refractivity contribution in [2.45, 2.75) is 31.2 Å². The van der Waals surface area contributed by atoms with Crippen molar-refractivity contribution in [3.05, 3.63) is 64.1 Å². The van der Waals surface area contributed by atoms with Crippen LogP contribution < -0.4 is 0 Å². The Kier molecular flexibility index (Phi) is 7.68. The van der Waals surface area contributed by atoms with Gasteiger partial charge in [-0.15, -0.1) is 0 Å². The molecule has 0 radical (unpaired) electrons. The summed E-state index contributed by atoms with van der Waals surface area (Å²) in [6.45, 7) is 5.98. The highest BCUT2D eigenvalue weighted by Gasteiger charge is 2.28. The molecule has 1 unspecified atom stereocenters. The van der Waals surface area contributed by atoms with Crippen molar-refractivity contribution in [1.29, 1.82) is 0 Å². The Balaban J connectivity index is 1.91. The summed E-state index contributed by atoms with van der Waals surface area (Å²) in [7, 11) is -3.66. The Hall–Kier alpha value is -1.74. The molecular weight excluding hydrogens is 468 g/mol. The smallest absolute Gasteiger partial charge is 0.254 e. The van der Waals surface area contributed by atoms with E-state index in [1.54, 1.807) is 23.1 Å². The van der Waals surface area contributed by atoms with Crippen molar-refractivity contribution in [3.63, 3.8) is 0 Å². The van der Waals surface area contributed by atoms with Gasteiger partial charge in [-0.2, -0.15) is 4.31 Å². The van der Waals surface area contributed by atoms with E-state index in [2.05, 4.69) is 15.9 Å². The maximum atomic E-state index is 13.4. The highest BCUT2D eigenvalue weighted by molar-refractivity contribution is 9.10. The summed E-state index contributed by atoms with van der Waals surface area (Å²) in [5.41, 5.74) is 1.38. The zero-order valence-corrected chi connectivity index (χ0v) is 19.7. The number of sulfonamides is 1. The summed E-state index contributed by atoms with van der Waals surface area (Å²) < 4.78 is 33.6. The van der Waals surface area contributed by atoms with Gasteiger partial charge in [0.25, 0.3) is 5.91 Å². The van der Waals surface area contributed by atoms with Crippen LogP contribution in [-0.2, 0) is 14.8 Å². The van der Waals surface area contributed by atoms with Crippen LogP contribution in [0.2, 0.25) is 0 Å². The van der Waals surface area contributed by atoms with Crippen LogP contribution in [0.3, 0.4) is 0 Å². The van der Waals surface area contributed by atoms with Crippen LogP contribution in [0.4, 0.5) is 0 Å². The first kappa shape index (κ1) is 22.9. The standard InChI is InChI=1S/C22H27BrN2O4S/c1-3-11-25(17(2)20-9-4-5-10-21(20)23)22(26)18-7-6-8-19(16-18)30(27,28)24-12-14-29-15-13-24/h4-10,16-17H,3,11-15H2,1-2H3. The lowest BCUT2D eigenvalue weighted by atomic mass is 10.1. The topological polar surface area (TPSA) is 66.9 Å². The molecule has 0 bridgehead atoms. The molecule has 1 aliphatic heterocycles. The van der Waals surface area contributed by atoms with Gasteiger partial charge in [-0.25, -0.2) is 8.42 Å². The van der Waals surface area contributed by atoms with E-state index in [4.69, 9.17) is 4.74 Å². The quantitative estimate of drug-likeness (QED) is 0.581. The van der Waals surface area contributed by atoms with Crippen molar-refractivity contribution in [2.75, 3.05) is 32.8 Å². The highest BCUT2D eigenvalue weighted by atomic mass is 79.9. The maximum absolute atomic E-state index is 13.4. The predicted molar refractivity (Wildman–Crippen MR) is 120 cm³/mol. The van der Waals surface area contributed by atoms with E-state index in [0.717, 1.165) is 16.5 Å². The minimum atomic E-state index is -3.66. The number of amides is 1. The third-order valence-electron chi connectivity index (χ3n) is 5.24. The molecule has 1 aliphatic rings. The van der Waals surface area contributed by atoms with Gasteiger partial charge in [0.15, 0.2) is 0 Å². The average molecular weight is 495 g/mol. The van der Waals surface area contributed by atoms with Gasteiger partial charge < -0.3 is 9.64 Å². The largest absolute Gasteiger partial charge is 0.379 e. The monoisotopic (exact) mass is 494 g/mol. The van der Waals surface area contributed by atoms with Crippen LogP contribution in [0.15, 0.2) is 57.9 Å². The molecule has 162 valence electrons. The Morgan fingerprint density at radius 2 is 1.87 bits per heavy atom. The number of rotatable bonds is 7. The summed E-state index contributed by atoms with van der Waals surface area (Å²) in [6, 6.07) is 14.0. The van der Waals surface area contributed by atoms with Gasteiger partial charge in [0.1, 0.15) is 0 Å². The molecule has 0 saturated carbocycles. The molecule has 30 heavy (non-hydrogen) atoms. The Morgan fingerprint density at radius 1 is 1.17 bits per heavy atom. The molecule has 0 spiro atoms. The van der Waals surface area contributed by atoms with Gasteiger partial charge in [-0.1, -0.05) is 47.1 Å². The van der Waals surface area contributed by atoms with Crippen molar-refractivity contribution in [3.8, 4) is 0 Å². The number of benzene rings is 2. The molecule has 0 aromatic heterocycles. The number of hydrogen-bond acceptors (Lipinski definition) is 4. The molecule has 0 N–H and O–H groups in total. The number of nitrogens with zero attached hydrogens (tertiary/aromatic N) is 2. The minimum Gasteiger partial charge on any atom is -0.379 e. The molecule has 0 aliphatic carbocycles. The molecule has 2 aromatic rings. The molecule has 1 amide bonds. The van der Waals surface area contributed by atoms with Crippen LogP contribution in [0, 0.1) is 0 Å². The average Bonchev–Trinajstić information content (AvgIpc) is 2.77. The fourth-order valence-corrected chi connectivity index (χ4v) is 5.66. The van der Waals surface area contributed by atoms with E-state index in [1.165, 1.54) is 10.4 Å². The minimum absolute atomic E-state index is 0.139. The van der Waals surface area contributed by atoms with E-state index in [0.29, 0.717) is 38.4 Å². The summed E-state index contributed by atoms with van der Waals surface area (Å²) in [4.78, 5) is 15.3. The van der Waals surface area contributed by atoms with Crippen molar-refractivity contribution in [2.24, 2.45) is 0 Å². The summed E-state index contributed by atoms with van der Waals surface area (Å²) in [5.74, 6) is -0.181. The summed E-state index contributed by atoms with van der Waals surface area (Å²) >= 11 is 3.57. The van der Waals surface area contributed by atoms with Gasteiger partial charge in [-0.05, 0) is 43.2 Å². The molecule has 1 fully saturated rings. The first-order valence-electron chi connectivity index (χ1n) is 10.1. The van der Waals surface area contributed by atoms with E-state index in [9.17, 15) is 13.2 Å². The lowest BCUT2D eigenvalue weighted by Crippen LogP contribution is -2.40. The molecule has 1 atom stereocenters. The van der Waals surface area contributed by atoms with Crippen molar-refractivity contribution in [1.82, 2.24) is 9.21 Å². The second-order valence-electron chi connectivity index (χ2n) is 7.24. The Morgan fingerprint density at radius 3 is 2.53 bits per heavy atom. The van der Waals surface area contributed by atoms with Gasteiger partial charge >= 0.3 is 0 Å². The number of hydrogen-bond donors (Lipinski definition) is 0. The third kappa shape index (κ3) is 4.94. The van der Waals surface area contributed by atoms with Crippen LogP contribution in [-0.4, -0.2) is 56.4 Å². The van der Waals surface area contributed by atoms with Crippen LogP contribution >= 0.6 is 15.9 Å². The van der Waals surface area contributed by atoms with E-state index < -0.39 is 10.0 Å². The molecule has 1 saturated heterocycles. The molecule has 1 heterocycles. The second kappa shape index (κ2) is 10.0. The fraction of sp³-hybridized carbons (Fsp3) is 0.409.